The van der Waals surface area contributed by atoms with Crippen LogP contribution in [0.2, 0.25) is 0 Å². The lowest BCUT2D eigenvalue weighted by Gasteiger charge is -2.29. The van der Waals surface area contributed by atoms with E-state index in [2.05, 4.69) is 41.4 Å². The van der Waals surface area contributed by atoms with Crippen molar-refractivity contribution in [2.24, 2.45) is 4.99 Å². The van der Waals surface area contributed by atoms with Gasteiger partial charge in [0.1, 0.15) is 12.2 Å². The minimum Gasteiger partial charge on any atom is -0.371 e. The number of rotatable bonds is 10. The third-order valence-corrected chi connectivity index (χ3v) is 5.06. The Morgan fingerprint density at radius 2 is 1.10 bits per heavy atom. The monoisotopic (exact) mass is 413 g/mol. The highest BCUT2D eigenvalue weighted by atomic mass is 16.5. The van der Waals surface area contributed by atoms with Gasteiger partial charge in [-0.25, -0.2) is 0 Å². The van der Waals surface area contributed by atoms with Gasteiger partial charge in [-0.3, -0.25) is 4.99 Å². The van der Waals surface area contributed by atoms with Crippen LogP contribution >= 0.6 is 0 Å². The number of ether oxygens (including phenoxy) is 3. The predicted molar refractivity (Wildman–Crippen MR) is 123 cm³/mol. The van der Waals surface area contributed by atoms with Gasteiger partial charge in [0.25, 0.3) is 0 Å². The number of hydrogen-bond acceptors (Lipinski definition) is 4. The van der Waals surface area contributed by atoms with Gasteiger partial charge in [0.15, 0.2) is 0 Å². The van der Waals surface area contributed by atoms with Gasteiger partial charge in [-0.2, -0.15) is 0 Å². The zero-order valence-electron chi connectivity index (χ0n) is 17.5. The quantitative estimate of drug-likeness (QED) is 0.450. The molecule has 3 aromatic carbocycles. The second-order valence-corrected chi connectivity index (χ2v) is 7.42. The summed E-state index contributed by atoms with van der Waals surface area (Å²) in [5.74, 6) is 0. The van der Waals surface area contributed by atoms with Crippen molar-refractivity contribution in [1.29, 1.82) is 0 Å². The van der Waals surface area contributed by atoms with E-state index in [1.807, 2.05) is 60.7 Å². The van der Waals surface area contributed by atoms with E-state index >= 15 is 0 Å². The molecule has 0 aliphatic carbocycles. The van der Waals surface area contributed by atoms with Crippen LogP contribution in [0, 0.1) is 0 Å². The van der Waals surface area contributed by atoms with Crippen LogP contribution in [0.15, 0.2) is 108 Å². The molecule has 2 atom stereocenters. The molecule has 1 aliphatic rings. The second kappa shape index (κ2) is 11.4. The Morgan fingerprint density at radius 3 is 1.68 bits per heavy atom. The van der Waals surface area contributed by atoms with Gasteiger partial charge in [0.05, 0.1) is 32.1 Å². The van der Waals surface area contributed by atoms with Crippen molar-refractivity contribution in [3.8, 4) is 0 Å². The topological polar surface area (TPSA) is 40.0 Å². The summed E-state index contributed by atoms with van der Waals surface area (Å²) in [6, 6.07) is 30.4. The van der Waals surface area contributed by atoms with Gasteiger partial charge in [0.2, 0.25) is 0 Å². The minimum atomic E-state index is -0.301. The van der Waals surface area contributed by atoms with Crippen LogP contribution in [-0.2, 0) is 34.0 Å². The first-order valence-corrected chi connectivity index (χ1v) is 10.5. The SMILES string of the molecule is C1=CC(OCc2ccccc2)[C@H](OCc2ccccc2)C(COCc2ccccc2)=N1. The third-order valence-electron chi connectivity index (χ3n) is 5.06. The van der Waals surface area contributed by atoms with Gasteiger partial charge >= 0.3 is 0 Å². The summed E-state index contributed by atoms with van der Waals surface area (Å²) in [6.45, 7) is 1.93. The molecule has 4 heteroatoms. The Bertz CT molecular complexity index is 971. The Hall–Kier alpha value is -3.05. The van der Waals surface area contributed by atoms with Crippen LogP contribution in [0.1, 0.15) is 16.7 Å². The number of benzene rings is 3. The highest BCUT2D eigenvalue weighted by Crippen LogP contribution is 2.18. The average molecular weight is 414 g/mol. The summed E-state index contributed by atoms with van der Waals surface area (Å²) in [6.07, 6.45) is 3.22. The van der Waals surface area contributed by atoms with Crippen molar-refractivity contribution in [2.45, 2.75) is 32.0 Å². The first-order valence-electron chi connectivity index (χ1n) is 10.5. The Balaban J connectivity index is 1.40. The van der Waals surface area contributed by atoms with Gasteiger partial charge in [-0.1, -0.05) is 91.0 Å². The van der Waals surface area contributed by atoms with E-state index in [-0.39, 0.29) is 12.2 Å². The molecule has 0 saturated heterocycles. The van der Waals surface area contributed by atoms with Crippen molar-refractivity contribution in [1.82, 2.24) is 0 Å². The van der Waals surface area contributed by atoms with E-state index < -0.39 is 0 Å². The van der Waals surface area contributed by atoms with Crippen molar-refractivity contribution >= 4 is 5.71 Å². The largest absolute Gasteiger partial charge is 0.371 e. The molecule has 1 aliphatic heterocycles. The standard InChI is InChI=1S/C27H27NO3/c1-4-10-22(11-5-1)18-29-21-25-27(31-20-24-14-8-3-9-15-24)26(16-17-28-25)30-19-23-12-6-2-7-13-23/h1-17,26-27H,18-21H2/t26?,27-/m1/s1. The fourth-order valence-electron chi connectivity index (χ4n) is 3.42. The number of aliphatic imine (C=N–C) groups is 1. The lowest BCUT2D eigenvalue weighted by Crippen LogP contribution is -2.41. The van der Waals surface area contributed by atoms with Crippen molar-refractivity contribution < 1.29 is 14.2 Å². The Labute approximate surface area is 183 Å². The molecule has 0 saturated carbocycles. The van der Waals surface area contributed by atoms with Crippen LogP contribution in [0.5, 0.6) is 0 Å². The molecular weight excluding hydrogens is 386 g/mol. The van der Waals surface area contributed by atoms with E-state index in [1.54, 1.807) is 6.20 Å². The van der Waals surface area contributed by atoms with Crippen LogP contribution in [-0.4, -0.2) is 24.5 Å². The summed E-state index contributed by atoms with van der Waals surface area (Å²) >= 11 is 0. The molecule has 0 spiro atoms. The molecule has 0 bridgehead atoms. The third kappa shape index (κ3) is 6.46. The minimum absolute atomic E-state index is 0.225. The number of hydrogen-bond donors (Lipinski definition) is 0. The first-order chi connectivity index (χ1) is 15.4. The maximum absolute atomic E-state index is 6.30. The fraction of sp³-hybridized carbons (Fsp3) is 0.222. The molecule has 0 aromatic heterocycles. The van der Waals surface area contributed by atoms with E-state index in [1.165, 1.54) is 0 Å². The van der Waals surface area contributed by atoms with E-state index in [0.717, 1.165) is 22.4 Å². The van der Waals surface area contributed by atoms with E-state index in [9.17, 15) is 0 Å². The molecule has 0 fully saturated rings. The Morgan fingerprint density at radius 1 is 0.581 bits per heavy atom. The maximum atomic E-state index is 6.30. The zero-order valence-corrected chi connectivity index (χ0v) is 17.5. The second-order valence-electron chi connectivity index (χ2n) is 7.42. The summed E-state index contributed by atoms with van der Waals surface area (Å²) in [5, 5.41) is 0. The van der Waals surface area contributed by atoms with Gasteiger partial charge in [0, 0.05) is 6.20 Å². The van der Waals surface area contributed by atoms with Gasteiger partial charge in [-0.15, -0.1) is 0 Å². The van der Waals surface area contributed by atoms with Gasteiger partial charge in [-0.05, 0) is 22.8 Å². The van der Waals surface area contributed by atoms with Crippen molar-refractivity contribution in [2.75, 3.05) is 6.61 Å². The summed E-state index contributed by atoms with van der Waals surface area (Å²) in [7, 11) is 0. The molecule has 0 radical (unpaired) electrons. The normalized spacial score (nSPS) is 18.0. The van der Waals surface area contributed by atoms with E-state index in [0.29, 0.717) is 26.4 Å². The summed E-state index contributed by atoms with van der Waals surface area (Å²) < 4.78 is 18.5. The average Bonchev–Trinajstić information content (AvgIpc) is 2.84. The maximum Gasteiger partial charge on any atom is 0.128 e. The molecule has 31 heavy (non-hydrogen) atoms. The van der Waals surface area contributed by atoms with Gasteiger partial charge < -0.3 is 14.2 Å². The van der Waals surface area contributed by atoms with E-state index in [4.69, 9.17) is 14.2 Å². The number of nitrogens with zero attached hydrogens (tertiary/aromatic N) is 1. The molecular formula is C27H27NO3. The fourth-order valence-corrected chi connectivity index (χ4v) is 3.42. The predicted octanol–water partition coefficient (Wildman–Crippen LogP) is 5.34. The smallest absolute Gasteiger partial charge is 0.128 e. The summed E-state index contributed by atoms with van der Waals surface area (Å²) in [5.41, 5.74) is 4.21. The van der Waals surface area contributed by atoms with Crippen molar-refractivity contribution in [3.63, 3.8) is 0 Å². The highest BCUT2D eigenvalue weighted by Gasteiger charge is 2.29. The molecule has 1 unspecified atom stereocenters. The van der Waals surface area contributed by atoms with Crippen LogP contribution in [0.4, 0.5) is 0 Å². The first kappa shape index (κ1) is 21.2. The Kier molecular flexibility index (Phi) is 7.77. The molecule has 4 rings (SSSR count). The lowest BCUT2D eigenvalue weighted by atomic mass is 10.1. The molecule has 158 valence electrons. The molecule has 0 amide bonds. The zero-order chi connectivity index (χ0) is 21.1. The van der Waals surface area contributed by atoms with Crippen LogP contribution in [0.25, 0.3) is 0 Å². The molecule has 0 N–H and O–H groups in total. The van der Waals surface area contributed by atoms with Crippen LogP contribution in [0.3, 0.4) is 0 Å². The summed E-state index contributed by atoms with van der Waals surface area (Å²) in [4.78, 5) is 4.57. The molecule has 3 aromatic rings. The van der Waals surface area contributed by atoms with Crippen LogP contribution < -0.4 is 0 Å². The molecule has 1 heterocycles. The van der Waals surface area contributed by atoms with Crippen molar-refractivity contribution in [3.05, 3.63) is 120 Å². The highest BCUT2D eigenvalue weighted by molar-refractivity contribution is 5.92. The lowest BCUT2D eigenvalue weighted by molar-refractivity contribution is -0.0372. The molecule has 4 nitrogen and oxygen atoms in total.